The summed E-state index contributed by atoms with van der Waals surface area (Å²) in [4.78, 5) is 0. The molecule has 1 heterocycles. The van der Waals surface area contributed by atoms with Crippen molar-refractivity contribution in [2.45, 2.75) is 19.2 Å². The average Bonchev–Trinajstić information content (AvgIpc) is 2.30. The van der Waals surface area contributed by atoms with Crippen molar-refractivity contribution in [1.29, 1.82) is 0 Å². The number of rotatable bonds is 2. The second kappa shape index (κ2) is 4.75. The molecular weight excluding hydrogens is 188 g/mol. The Morgan fingerprint density at radius 2 is 1.73 bits per heavy atom. The van der Waals surface area contributed by atoms with Crippen LogP contribution in [0.1, 0.15) is 17.3 Å². The molecule has 0 saturated carbocycles. The van der Waals surface area contributed by atoms with Crippen LogP contribution in [0, 0.1) is 6.92 Å². The molecular formula is C12H18N2O. The minimum atomic E-state index is 0.261. The zero-order chi connectivity index (χ0) is 10.7. The zero-order valence-electron chi connectivity index (χ0n) is 9.29. The van der Waals surface area contributed by atoms with Gasteiger partial charge in [-0.05, 0) is 12.5 Å². The smallest absolute Gasteiger partial charge is 0.0837 e. The molecule has 3 heteroatoms. The summed E-state index contributed by atoms with van der Waals surface area (Å²) < 4.78 is 5.27. The van der Waals surface area contributed by atoms with Gasteiger partial charge in [0.05, 0.1) is 12.3 Å². The predicted molar refractivity (Wildman–Crippen MR) is 60.7 cm³/mol. The van der Waals surface area contributed by atoms with Crippen LogP contribution >= 0.6 is 0 Å². The first kappa shape index (κ1) is 10.6. The van der Waals surface area contributed by atoms with Crippen LogP contribution in [0.2, 0.25) is 0 Å². The lowest BCUT2D eigenvalue weighted by Gasteiger charge is -2.30. The minimum Gasteiger partial charge on any atom is -0.379 e. The summed E-state index contributed by atoms with van der Waals surface area (Å²) in [6, 6.07) is 8.60. The van der Waals surface area contributed by atoms with E-state index in [1.54, 1.807) is 7.11 Å². The molecule has 1 saturated heterocycles. The van der Waals surface area contributed by atoms with E-state index in [9.17, 15) is 0 Å². The number of methoxy groups -OCH3 is 1. The number of benzene rings is 1. The van der Waals surface area contributed by atoms with Crippen LogP contribution in [0.4, 0.5) is 0 Å². The first-order valence-electron chi connectivity index (χ1n) is 5.35. The lowest BCUT2D eigenvalue weighted by atomic mass is 10.1. The molecule has 15 heavy (non-hydrogen) atoms. The zero-order valence-corrected chi connectivity index (χ0v) is 9.29. The molecule has 82 valence electrons. The largest absolute Gasteiger partial charge is 0.379 e. The quantitative estimate of drug-likeness (QED) is 0.763. The van der Waals surface area contributed by atoms with Crippen molar-refractivity contribution in [3.63, 3.8) is 0 Å². The van der Waals surface area contributed by atoms with E-state index in [1.165, 1.54) is 11.1 Å². The van der Waals surface area contributed by atoms with Gasteiger partial charge in [-0.3, -0.25) is 10.6 Å². The van der Waals surface area contributed by atoms with Crippen molar-refractivity contribution >= 4 is 0 Å². The maximum atomic E-state index is 5.27. The van der Waals surface area contributed by atoms with Gasteiger partial charge in [-0.2, -0.15) is 0 Å². The molecule has 3 nitrogen and oxygen atoms in total. The molecule has 0 bridgehead atoms. The normalized spacial score (nSPS) is 26.5. The molecule has 1 aliphatic rings. The van der Waals surface area contributed by atoms with Gasteiger partial charge >= 0.3 is 0 Å². The van der Waals surface area contributed by atoms with Gasteiger partial charge in [0.15, 0.2) is 0 Å². The van der Waals surface area contributed by atoms with E-state index in [4.69, 9.17) is 4.74 Å². The Balaban J connectivity index is 1.98. The predicted octanol–water partition coefficient (Wildman–Crippen LogP) is 1.20. The number of ether oxygens (including phenoxy) is 1. The van der Waals surface area contributed by atoms with Gasteiger partial charge in [-0.15, -0.1) is 0 Å². The van der Waals surface area contributed by atoms with Gasteiger partial charge in [-0.1, -0.05) is 29.8 Å². The fraction of sp³-hybridized carbons (Fsp3) is 0.500. The third-order valence-electron chi connectivity index (χ3n) is 2.84. The van der Waals surface area contributed by atoms with Crippen LogP contribution < -0.4 is 10.6 Å². The maximum absolute atomic E-state index is 5.27. The fourth-order valence-corrected chi connectivity index (χ4v) is 1.80. The summed E-state index contributed by atoms with van der Waals surface area (Å²) in [6.45, 7) is 3.91. The second-order valence-electron chi connectivity index (χ2n) is 4.02. The summed E-state index contributed by atoms with van der Waals surface area (Å²) in [5, 5.41) is 6.84. The van der Waals surface area contributed by atoms with E-state index in [-0.39, 0.29) is 12.3 Å². The van der Waals surface area contributed by atoms with Crippen molar-refractivity contribution in [3.8, 4) is 0 Å². The highest BCUT2D eigenvalue weighted by molar-refractivity contribution is 5.24. The molecule has 1 aliphatic heterocycles. The van der Waals surface area contributed by atoms with E-state index in [2.05, 4.69) is 41.8 Å². The van der Waals surface area contributed by atoms with Gasteiger partial charge < -0.3 is 4.74 Å². The topological polar surface area (TPSA) is 33.3 Å². The number of hydrogen-bond donors (Lipinski definition) is 2. The molecule has 0 aromatic heterocycles. The van der Waals surface area contributed by atoms with Crippen LogP contribution in [0.25, 0.3) is 0 Å². The molecule has 1 aromatic rings. The Kier molecular flexibility index (Phi) is 3.36. The molecule has 0 atom stereocenters. The Morgan fingerprint density at radius 1 is 1.13 bits per heavy atom. The van der Waals surface area contributed by atoms with Crippen LogP contribution in [-0.4, -0.2) is 26.3 Å². The van der Waals surface area contributed by atoms with Crippen molar-refractivity contribution in [1.82, 2.24) is 10.6 Å². The third kappa shape index (κ3) is 2.56. The minimum absolute atomic E-state index is 0.261. The lowest BCUT2D eigenvalue weighted by molar-refractivity contribution is 0.0742. The summed E-state index contributed by atoms with van der Waals surface area (Å²) in [5.41, 5.74) is 2.58. The second-order valence-corrected chi connectivity index (χ2v) is 4.02. The molecule has 1 fully saturated rings. The van der Waals surface area contributed by atoms with Crippen molar-refractivity contribution in [3.05, 3.63) is 35.4 Å². The standard InChI is InChI=1S/C12H18N2O/c1-9-3-5-10(6-4-9)12-13-7-11(15-2)8-14-12/h3-6,11-14H,7-8H2,1-2H3. The van der Waals surface area contributed by atoms with Gasteiger partial charge in [0.25, 0.3) is 0 Å². The fourth-order valence-electron chi connectivity index (χ4n) is 1.80. The Hall–Kier alpha value is -0.900. The SMILES string of the molecule is COC1CNC(c2ccc(C)cc2)NC1. The van der Waals surface area contributed by atoms with Crippen LogP contribution in [0.15, 0.2) is 24.3 Å². The molecule has 1 aromatic carbocycles. The molecule has 2 N–H and O–H groups in total. The van der Waals surface area contributed by atoms with Gasteiger partial charge in [0.2, 0.25) is 0 Å². The molecule has 0 aliphatic carbocycles. The summed E-state index contributed by atoms with van der Waals surface area (Å²) in [7, 11) is 1.75. The Morgan fingerprint density at radius 3 is 2.27 bits per heavy atom. The van der Waals surface area contributed by atoms with Crippen LogP contribution in [0.3, 0.4) is 0 Å². The Labute approximate surface area is 90.8 Å². The van der Waals surface area contributed by atoms with E-state index in [1.807, 2.05) is 0 Å². The highest BCUT2D eigenvalue weighted by Gasteiger charge is 2.19. The summed E-state index contributed by atoms with van der Waals surface area (Å²) in [5.74, 6) is 0. The van der Waals surface area contributed by atoms with Crippen LogP contribution in [0.5, 0.6) is 0 Å². The number of aryl methyl sites for hydroxylation is 1. The number of hydrogen-bond acceptors (Lipinski definition) is 3. The Bertz CT molecular complexity index is 302. The third-order valence-corrected chi connectivity index (χ3v) is 2.84. The molecule has 2 rings (SSSR count). The van der Waals surface area contributed by atoms with Crippen molar-refractivity contribution in [2.24, 2.45) is 0 Å². The van der Waals surface area contributed by atoms with Gasteiger partial charge in [0, 0.05) is 20.2 Å². The highest BCUT2D eigenvalue weighted by Crippen LogP contribution is 2.13. The molecule has 0 radical (unpaired) electrons. The monoisotopic (exact) mass is 206 g/mol. The van der Waals surface area contributed by atoms with E-state index < -0.39 is 0 Å². The molecule has 0 amide bonds. The van der Waals surface area contributed by atoms with Gasteiger partial charge in [-0.25, -0.2) is 0 Å². The molecule has 0 spiro atoms. The maximum Gasteiger partial charge on any atom is 0.0837 e. The van der Waals surface area contributed by atoms with E-state index >= 15 is 0 Å². The first-order valence-corrected chi connectivity index (χ1v) is 5.35. The van der Waals surface area contributed by atoms with E-state index in [0.717, 1.165) is 13.1 Å². The van der Waals surface area contributed by atoms with Crippen LogP contribution in [-0.2, 0) is 4.74 Å². The van der Waals surface area contributed by atoms with Gasteiger partial charge in [0.1, 0.15) is 0 Å². The summed E-state index contributed by atoms with van der Waals surface area (Å²) in [6.07, 6.45) is 0.545. The summed E-state index contributed by atoms with van der Waals surface area (Å²) >= 11 is 0. The highest BCUT2D eigenvalue weighted by atomic mass is 16.5. The van der Waals surface area contributed by atoms with Crippen molar-refractivity contribution < 1.29 is 4.74 Å². The average molecular weight is 206 g/mol. The van der Waals surface area contributed by atoms with E-state index in [0.29, 0.717) is 0 Å². The van der Waals surface area contributed by atoms with Crippen molar-refractivity contribution in [2.75, 3.05) is 20.2 Å². The first-order chi connectivity index (χ1) is 7.29. The lowest BCUT2D eigenvalue weighted by Crippen LogP contribution is -2.50. The molecule has 0 unspecified atom stereocenters. The number of nitrogens with one attached hydrogen (secondary N) is 2.